The lowest BCUT2D eigenvalue weighted by molar-refractivity contribution is -0.140. The topological polar surface area (TPSA) is 47.3 Å². The molecule has 0 N–H and O–H groups in total. The van der Waals surface area contributed by atoms with Gasteiger partial charge >= 0.3 is 0 Å². The van der Waals surface area contributed by atoms with Crippen molar-refractivity contribution in [1.29, 1.82) is 5.26 Å². The molecule has 4 nitrogen and oxygen atoms in total. The Labute approximate surface area is 117 Å². The van der Waals surface area contributed by atoms with E-state index in [0.717, 1.165) is 58.2 Å². The lowest BCUT2D eigenvalue weighted by Gasteiger charge is -2.35. The van der Waals surface area contributed by atoms with E-state index < -0.39 is 5.41 Å². The van der Waals surface area contributed by atoms with Crippen molar-refractivity contribution < 1.29 is 4.79 Å². The van der Waals surface area contributed by atoms with Crippen LogP contribution >= 0.6 is 0 Å². The second-order valence-electron chi connectivity index (χ2n) is 5.85. The summed E-state index contributed by atoms with van der Waals surface area (Å²) in [6.45, 7) is 4.42. The van der Waals surface area contributed by atoms with Gasteiger partial charge in [-0.2, -0.15) is 5.26 Å². The van der Waals surface area contributed by atoms with Crippen molar-refractivity contribution in [2.24, 2.45) is 5.41 Å². The minimum absolute atomic E-state index is 0.0680. The summed E-state index contributed by atoms with van der Waals surface area (Å²) >= 11 is 0. The summed E-state index contributed by atoms with van der Waals surface area (Å²) in [6, 6.07) is 2.34. The molecule has 0 heterocycles. The molecule has 0 spiro atoms. The van der Waals surface area contributed by atoms with Crippen LogP contribution in [0.3, 0.4) is 0 Å². The van der Waals surface area contributed by atoms with Crippen molar-refractivity contribution in [3.63, 3.8) is 0 Å². The van der Waals surface area contributed by atoms with Crippen molar-refractivity contribution in [3.05, 3.63) is 0 Å². The van der Waals surface area contributed by atoms with Crippen LogP contribution in [0.25, 0.3) is 0 Å². The Morgan fingerprint density at radius 1 is 1.16 bits per heavy atom. The molecule has 0 saturated heterocycles. The quantitative estimate of drug-likeness (QED) is 0.740. The normalized spacial score (nSPS) is 18.1. The number of rotatable bonds is 6. The summed E-state index contributed by atoms with van der Waals surface area (Å²) in [6.07, 6.45) is 5.60. The van der Waals surface area contributed by atoms with Gasteiger partial charge in [0.1, 0.15) is 5.41 Å². The first-order chi connectivity index (χ1) is 9.05. The zero-order valence-electron chi connectivity index (χ0n) is 12.6. The molecule has 1 amide bonds. The van der Waals surface area contributed by atoms with Crippen LogP contribution in [0.4, 0.5) is 0 Å². The van der Waals surface area contributed by atoms with E-state index in [1.54, 1.807) is 0 Å². The number of amides is 1. The summed E-state index contributed by atoms with van der Waals surface area (Å²) in [5.74, 6) is 0.0680. The highest BCUT2D eigenvalue weighted by molar-refractivity contribution is 5.85. The summed E-state index contributed by atoms with van der Waals surface area (Å²) < 4.78 is 0. The molecule has 0 radical (unpaired) electrons. The fourth-order valence-electron chi connectivity index (χ4n) is 2.74. The number of carbonyl (C=O) groups is 1. The number of hydrogen-bond acceptors (Lipinski definition) is 3. The van der Waals surface area contributed by atoms with E-state index in [1.807, 2.05) is 19.0 Å². The van der Waals surface area contributed by atoms with Gasteiger partial charge in [-0.25, -0.2) is 0 Å². The molecule has 0 bridgehead atoms. The molecule has 0 atom stereocenters. The predicted molar refractivity (Wildman–Crippen MR) is 76.6 cm³/mol. The molecule has 1 aliphatic rings. The summed E-state index contributed by atoms with van der Waals surface area (Å²) in [5.41, 5.74) is -0.736. The first-order valence-corrected chi connectivity index (χ1v) is 7.41. The lowest BCUT2D eigenvalue weighted by Crippen LogP contribution is -2.46. The molecule has 4 heteroatoms. The fraction of sp³-hybridized carbons (Fsp3) is 0.867. The van der Waals surface area contributed by atoms with Crippen molar-refractivity contribution >= 4 is 5.91 Å². The SMILES string of the molecule is CCCN(CCN(C)C)C(=O)C1(C#N)CCCCC1. The largest absolute Gasteiger partial charge is 0.340 e. The first-order valence-electron chi connectivity index (χ1n) is 7.41. The smallest absolute Gasteiger partial charge is 0.243 e. The number of nitrogens with zero attached hydrogens (tertiary/aromatic N) is 3. The van der Waals surface area contributed by atoms with Crippen LogP contribution in [0.5, 0.6) is 0 Å². The van der Waals surface area contributed by atoms with Gasteiger partial charge in [-0.3, -0.25) is 4.79 Å². The molecule has 0 aromatic carbocycles. The van der Waals surface area contributed by atoms with Gasteiger partial charge in [0.25, 0.3) is 0 Å². The standard InChI is InChI=1S/C15H27N3O/c1-4-10-18(12-11-17(2)3)14(19)15(13-16)8-6-5-7-9-15/h4-12H2,1-3H3. The molecule has 0 aliphatic heterocycles. The molecule has 19 heavy (non-hydrogen) atoms. The summed E-state index contributed by atoms with van der Waals surface area (Å²) in [7, 11) is 4.02. The third kappa shape index (κ3) is 4.21. The maximum absolute atomic E-state index is 12.7. The highest BCUT2D eigenvalue weighted by Crippen LogP contribution is 2.37. The van der Waals surface area contributed by atoms with Crippen LogP contribution in [0.15, 0.2) is 0 Å². The van der Waals surface area contributed by atoms with Crippen molar-refractivity contribution in [1.82, 2.24) is 9.80 Å². The molecule has 1 saturated carbocycles. The van der Waals surface area contributed by atoms with Crippen LogP contribution in [-0.2, 0) is 4.79 Å². The zero-order chi connectivity index (χ0) is 14.3. The van der Waals surface area contributed by atoms with E-state index in [2.05, 4.69) is 17.9 Å². The lowest BCUT2D eigenvalue weighted by atomic mass is 9.74. The number of likely N-dealkylation sites (N-methyl/N-ethyl adjacent to an activating group) is 1. The maximum atomic E-state index is 12.7. The molecule has 1 rings (SSSR count). The fourth-order valence-corrected chi connectivity index (χ4v) is 2.74. The van der Waals surface area contributed by atoms with Crippen LogP contribution in [0.1, 0.15) is 45.4 Å². The monoisotopic (exact) mass is 265 g/mol. The average molecular weight is 265 g/mol. The second-order valence-corrected chi connectivity index (χ2v) is 5.85. The molecule has 0 unspecified atom stereocenters. The van der Waals surface area contributed by atoms with E-state index >= 15 is 0 Å². The highest BCUT2D eigenvalue weighted by Gasteiger charge is 2.42. The summed E-state index contributed by atoms with van der Waals surface area (Å²) in [4.78, 5) is 16.7. The van der Waals surface area contributed by atoms with Crippen molar-refractivity contribution in [2.75, 3.05) is 33.7 Å². The van der Waals surface area contributed by atoms with Gasteiger partial charge in [-0.1, -0.05) is 26.2 Å². The van der Waals surface area contributed by atoms with Crippen LogP contribution < -0.4 is 0 Å². The van der Waals surface area contributed by atoms with E-state index in [-0.39, 0.29) is 5.91 Å². The summed E-state index contributed by atoms with van der Waals surface area (Å²) in [5, 5.41) is 9.50. The van der Waals surface area contributed by atoms with E-state index in [0.29, 0.717) is 0 Å². The minimum Gasteiger partial charge on any atom is -0.340 e. The Balaban J connectivity index is 2.75. The molecular weight excluding hydrogens is 238 g/mol. The molecule has 1 aliphatic carbocycles. The molecule has 108 valence electrons. The third-order valence-corrected chi connectivity index (χ3v) is 3.93. The Morgan fingerprint density at radius 3 is 2.26 bits per heavy atom. The molecule has 0 aromatic rings. The predicted octanol–water partition coefficient (Wildman–Crippen LogP) is 2.26. The highest BCUT2D eigenvalue weighted by atomic mass is 16.2. The van der Waals surface area contributed by atoms with Crippen LogP contribution in [0.2, 0.25) is 0 Å². The molecular formula is C15H27N3O. The van der Waals surface area contributed by atoms with Crippen LogP contribution in [-0.4, -0.2) is 49.4 Å². The average Bonchev–Trinajstić information content (AvgIpc) is 2.43. The van der Waals surface area contributed by atoms with Gasteiger partial charge in [0.2, 0.25) is 5.91 Å². The number of hydrogen-bond donors (Lipinski definition) is 0. The maximum Gasteiger partial charge on any atom is 0.243 e. The van der Waals surface area contributed by atoms with Gasteiger partial charge in [0, 0.05) is 19.6 Å². The second kappa shape index (κ2) is 7.49. The Bertz CT molecular complexity index is 327. The zero-order valence-corrected chi connectivity index (χ0v) is 12.6. The van der Waals surface area contributed by atoms with E-state index in [4.69, 9.17) is 0 Å². The number of carbonyl (C=O) groups excluding carboxylic acids is 1. The van der Waals surface area contributed by atoms with Gasteiger partial charge in [0.05, 0.1) is 6.07 Å². The Kier molecular flexibility index (Phi) is 6.30. The molecule has 1 fully saturated rings. The van der Waals surface area contributed by atoms with E-state index in [9.17, 15) is 10.1 Å². The van der Waals surface area contributed by atoms with Gasteiger partial charge < -0.3 is 9.80 Å². The first kappa shape index (κ1) is 16.0. The van der Waals surface area contributed by atoms with E-state index in [1.165, 1.54) is 0 Å². The van der Waals surface area contributed by atoms with Gasteiger partial charge in [-0.05, 0) is 33.4 Å². The van der Waals surface area contributed by atoms with Gasteiger partial charge in [0.15, 0.2) is 0 Å². The van der Waals surface area contributed by atoms with Crippen molar-refractivity contribution in [3.8, 4) is 6.07 Å². The number of nitriles is 1. The van der Waals surface area contributed by atoms with Crippen LogP contribution in [0, 0.1) is 16.7 Å². The minimum atomic E-state index is -0.736. The Hall–Kier alpha value is -1.08. The Morgan fingerprint density at radius 2 is 1.79 bits per heavy atom. The third-order valence-electron chi connectivity index (χ3n) is 3.93. The van der Waals surface area contributed by atoms with Gasteiger partial charge in [-0.15, -0.1) is 0 Å². The molecule has 0 aromatic heterocycles. The van der Waals surface area contributed by atoms with Crippen molar-refractivity contribution in [2.45, 2.75) is 45.4 Å².